The van der Waals surface area contributed by atoms with E-state index in [-0.39, 0.29) is 5.91 Å². The molecule has 0 unspecified atom stereocenters. The minimum atomic E-state index is -0.0333. The zero-order valence-electron chi connectivity index (χ0n) is 11.9. The van der Waals surface area contributed by atoms with Crippen molar-refractivity contribution in [3.8, 4) is 0 Å². The molecule has 114 valence electrons. The highest BCUT2D eigenvalue weighted by Crippen LogP contribution is 2.21. The zero-order valence-corrected chi connectivity index (χ0v) is 15.1. The predicted molar refractivity (Wildman–Crippen MR) is 96.0 cm³/mol. The Labute approximate surface area is 143 Å². The average Bonchev–Trinajstić information content (AvgIpc) is 2.48. The lowest BCUT2D eigenvalue weighted by Gasteiger charge is -2.31. The first-order chi connectivity index (χ1) is 10.1. The third-order valence-corrected chi connectivity index (χ3v) is 5.56. The SMILES string of the molecule is C[NH+]1CCN(C(=S)SCC(=O)Nc2ccccc2Br)CC1. The molecule has 4 nitrogen and oxygen atoms in total. The molecule has 1 saturated heterocycles. The number of quaternary nitrogens is 1. The molecule has 7 heteroatoms. The number of para-hydroxylation sites is 1. The summed E-state index contributed by atoms with van der Waals surface area (Å²) in [4.78, 5) is 15.7. The Hall–Kier alpha value is -0.630. The molecule has 1 aliphatic heterocycles. The highest BCUT2D eigenvalue weighted by molar-refractivity contribution is 9.10. The summed E-state index contributed by atoms with van der Waals surface area (Å²) in [6, 6.07) is 7.58. The Balaban J connectivity index is 1.76. The van der Waals surface area contributed by atoms with Crippen molar-refractivity contribution < 1.29 is 9.69 Å². The lowest BCUT2D eigenvalue weighted by atomic mass is 10.3. The van der Waals surface area contributed by atoms with Crippen molar-refractivity contribution in [3.63, 3.8) is 0 Å². The van der Waals surface area contributed by atoms with Crippen LogP contribution < -0.4 is 10.2 Å². The minimum absolute atomic E-state index is 0.0333. The second kappa shape index (κ2) is 8.12. The fraction of sp³-hybridized carbons (Fsp3) is 0.429. The van der Waals surface area contributed by atoms with Crippen LogP contribution in [-0.4, -0.2) is 54.1 Å². The topological polar surface area (TPSA) is 36.8 Å². The third kappa shape index (κ3) is 5.25. The van der Waals surface area contributed by atoms with Crippen molar-refractivity contribution in [3.05, 3.63) is 28.7 Å². The first-order valence-electron chi connectivity index (χ1n) is 6.83. The standard InChI is InChI=1S/C14H18BrN3OS2/c1-17-6-8-18(9-7-17)14(20)21-10-13(19)16-12-5-3-2-4-11(12)15/h2-5H,6-10H2,1H3,(H,16,19)/p+1. The fourth-order valence-electron chi connectivity index (χ4n) is 2.04. The molecule has 0 atom stereocenters. The summed E-state index contributed by atoms with van der Waals surface area (Å²) in [6.07, 6.45) is 0. The van der Waals surface area contributed by atoms with Gasteiger partial charge in [-0.3, -0.25) is 4.79 Å². The van der Waals surface area contributed by atoms with E-state index in [2.05, 4.69) is 33.2 Å². The van der Waals surface area contributed by atoms with E-state index >= 15 is 0 Å². The van der Waals surface area contributed by atoms with Gasteiger partial charge in [-0.05, 0) is 28.1 Å². The maximum atomic E-state index is 12.0. The number of nitrogens with zero attached hydrogens (tertiary/aromatic N) is 1. The number of carbonyl (C=O) groups excluding carboxylic acids is 1. The van der Waals surface area contributed by atoms with E-state index in [9.17, 15) is 4.79 Å². The van der Waals surface area contributed by atoms with E-state index in [1.807, 2.05) is 24.3 Å². The van der Waals surface area contributed by atoms with Crippen LogP contribution in [0.1, 0.15) is 0 Å². The van der Waals surface area contributed by atoms with Crippen LogP contribution in [0.15, 0.2) is 28.7 Å². The van der Waals surface area contributed by atoms with Crippen LogP contribution in [0, 0.1) is 0 Å². The van der Waals surface area contributed by atoms with Gasteiger partial charge < -0.3 is 15.1 Å². The molecule has 1 fully saturated rings. The van der Waals surface area contributed by atoms with Crippen molar-refractivity contribution in [2.24, 2.45) is 0 Å². The largest absolute Gasteiger partial charge is 0.346 e. The normalized spacial score (nSPS) is 15.8. The van der Waals surface area contributed by atoms with Crippen LogP contribution >= 0.6 is 39.9 Å². The van der Waals surface area contributed by atoms with Gasteiger partial charge in [-0.2, -0.15) is 0 Å². The van der Waals surface area contributed by atoms with Crippen LogP contribution in [0.25, 0.3) is 0 Å². The fourth-order valence-corrected chi connectivity index (χ4v) is 3.47. The summed E-state index contributed by atoms with van der Waals surface area (Å²) in [6.45, 7) is 4.15. The number of thiocarbonyl (C=S) groups is 1. The number of hydrogen-bond acceptors (Lipinski definition) is 3. The molecule has 0 aromatic heterocycles. The number of likely N-dealkylation sites (N-methyl/N-ethyl adjacent to an activating group) is 1. The molecule has 1 aliphatic rings. The second-order valence-corrected chi connectivity index (χ2v) is 7.49. The molecule has 0 saturated carbocycles. The van der Waals surface area contributed by atoms with Gasteiger partial charge in [0.1, 0.15) is 4.32 Å². The van der Waals surface area contributed by atoms with Crippen molar-refractivity contribution in [2.45, 2.75) is 0 Å². The maximum Gasteiger partial charge on any atom is 0.234 e. The molecular formula is C14H19BrN3OS2+. The van der Waals surface area contributed by atoms with Crippen LogP contribution in [0.3, 0.4) is 0 Å². The molecule has 0 bridgehead atoms. The monoisotopic (exact) mass is 388 g/mol. The van der Waals surface area contributed by atoms with Gasteiger partial charge in [-0.15, -0.1) is 0 Å². The van der Waals surface area contributed by atoms with E-state index in [0.29, 0.717) is 5.75 Å². The number of anilines is 1. The Morgan fingerprint density at radius 2 is 2.10 bits per heavy atom. The summed E-state index contributed by atoms with van der Waals surface area (Å²) in [7, 11) is 2.19. The van der Waals surface area contributed by atoms with Gasteiger partial charge >= 0.3 is 0 Å². The van der Waals surface area contributed by atoms with Gasteiger partial charge in [0, 0.05) is 4.47 Å². The molecule has 2 rings (SSSR count). The van der Waals surface area contributed by atoms with Crippen molar-refractivity contribution in [1.82, 2.24) is 4.90 Å². The molecule has 0 radical (unpaired) electrons. The smallest absolute Gasteiger partial charge is 0.234 e. The molecule has 2 N–H and O–H groups in total. The molecule has 1 heterocycles. The zero-order chi connectivity index (χ0) is 15.2. The third-order valence-electron chi connectivity index (χ3n) is 3.35. The van der Waals surface area contributed by atoms with Crippen LogP contribution in [0.5, 0.6) is 0 Å². The number of nitrogens with one attached hydrogen (secondary N) is 2. The predicted octanol–water partition coefficient (Wildman–Crippen LogP) is 1.24. The highest BCUT2D eigenvalue weighted by atomic mass is 79.9. The minimum Gasteiger partial charge on any atom is -0.346 e. The van der Waals surface area contributed by atoms with Gasteiger partial charge in [-0.1, -0.05) is 36.1 Å². The Bertz CT molecular complexity index is 519. The van der Waals surface area contributed by atoms with E-state index < -0.39 is 0 Å². The van der Waals surface area contributed by atoms with E-state index in [0.717, 1.165) is 40.7 Å². The van der Waals surface area contributed by atoms with Gasteiger partial charge in [0.2, 0.25) is 5.91 Å². The summed E-state index contributed by atoms with van der Waals surface area (Å²) in [5.41, 5.74) is 0.789. The second-order valence-electron chi connectivity index (χ2n) is 5.03. The number of benzene rings is 1. The van der Waals surface area contributed by atoms with Gasteiger partial charge in [0.05, 0.1) is 44.7 Å². The first-order valence-corrected chi connectivity index (χ1v) is 9.02. The number of hydrogen-bond donors (Lipinski definition) is 2. The van der Waals surface area contributed by atoms with Crippen LogP contribution in [0.4, 0.5) is 5.69 Å². The van der Waals surface area contributed by atoms with Crippen molar-refractivity contribution >= 4 is 55.8 Å². The number of thioether (sulfide) groups is 1. The lowest BCUT2D eigenvalue weighted by molar-refractivity contribution is -0.883. The van der Waals surface area contributed by atoms with Gasteiger partial charge in [0.15, 0.2) is 0 Å². The molecule has 0 aliphatic carbocycles. The van der Waals surface area contributed by atoms with Crippen LogP contribution in [0.2, 0.25) is 0 Å². The molecular weight excluding hydrogens is 370 g/mol. The summed E-state index contributed by atoms with van der Waals surface area (Å²) in [5, 5.41) is 2.89. The summed E-state index contributed by atoms with van der Waals surface area (Å²) in [5.74, 6) is 0.313. The molecule has 21 heavy (non-hydrogen) atoms. The molecule has 0 spiro atoms. The molecule has 1 amide bonds. The average molecular weight is 389 g/mol. The van der Waals surface area contributed by atoms with Crippen LogP contribution in [-0.2, 0) is 4.79 Å². The quantitative estimate of drug-likeness (QED) is 0.763. The highest BCUT2D eigenvalue weighted by Gasteiger charge is 2.19. The van der Waals surface area contributed by atoms with E-state index in [4.69, 9.17) is 12.2 Å². The van der Waals surface area contributed by atoms with Gasteiger partial charge in [0.25, 0.3) is 0 Å². The van der Waals surface area contributed by atoms with E-state index in [1.54, 1.807) is 0 Å². The number of piperazine rings is 1. The first kappa shape index (κ1) is 16.7. The summed E-state index contributed by atoms with van der Waals surface area (Å²) < 4.78 is 1.71. The number of halogens is 1. The Kier molecular flexibility index (Phi) is 6.47. The summed E-state index contributed by atoms with van der Waals surface area (Å²) >= 11 is 10.3. The van der Waals surface area contributed by atoms with E-state index in [1.165, 1.54) is 16.7 Å². The van der Waals surface area contributed by atoms with Gasteiger partial charge in [-0.25, -0.2) is 0 Å². The molecule has 1 aromatic rings. The molecule has 1 aromatic carbocycles. The maximum absolute atomic E-state index is 12.0. The van der Waals surface area contributed by atoms with Crippen molar-refractivity contribution in [2.75, 3.05) is 44.3 Å². The number of carbonyl (C=O) groups is 1. The Morgan fingerprint density at radius 1 is 1.43 bits per heavy atom. The lowest BCUT2D eigenvalue weighted by Crippen LogP contribution is -3.12. The number of amides is 1. The number of rotatable bonds is 3. The van der Waals surface area contributed by atoms with Crippen molar-refractivity contribution in [1.29, 1.82) is 0 Å². The Morgan fingerprint density at radius 3 is 2.76 bits per heavy atom.